The van der Waals surface area contributed by atoms with Crippen molar-refractivity contribution in [2.24, 2.45) is 0 Å². The molecule has 0 atom stereocenters. The minimum absolute atomic E-state index is 0.492. The van der Waals surface area contributed by atoms with Crippen LogP contribution >= 0.6 is 0 Å². The largest absolute Gasteiger partial charge is 0.355 e. The Morgan fingerprint density at radius 1 is 0.652 bits per heavy atom. The molecule has 0 fully saturated rings. The second kappa shape index (κ2) is 6.45. The van der Waals surface area contributed by atoms with Gasteiger partial charge >= 0.3 is 0 Å². The highest BCUT2D eigenvalue weighted by molar-refractivity contribution is 5.95. The van der Waals surface area contributed by atoms with Crippen molar-refractivity contribution in [2.45, 2.75) is 39.5 Å². The number of anilines is 2. The average molecular weight is 303 g/mol. The molecule has 3 rings (SSSR count). The zero-order valence-electron chi connectivity index (χ0n) is 14.4. The van der Waals surface area contributed by atoms with Crippen LogP contribution in [0.1, 0.15) is 50.7 Å². The van der Waals surface area contributed by atoms with Gasteiger partial charge in [-0.25, -0.2) is 0 Å². The predicted molar refractivity (Wildman–Crippen MR) is 102 cm³/mol. The third-order valence-corrected chi connectivity index (χ3v) is 4.42. The summed E-state index contributed by atoms with van der Waals surface area (Å²) in [4.78, 5) is 0. The van der Waals surface area contributed by atoms with Gasteiger partial charge in [0.15, 0.2) is 0 Å². The molecule has 118 valence electrons. The standard InChI is InChI=1S/C22H25N/c1-15(2)18-12-8-13-19(16(3)4)22(18)23-21-14-7-10-17-9-5-6-11-20(17)21/h5-16,23H,1-4H3. The minimum atomic E-state index is 0.492. The van der Waals surface area contributed by atoms with Crippen LogP contribution in [-0.2, 0) is 0 Å². The molecule has 0 heterocycles. The van der Waals surface area contributed by atoms with Crippen molar-refractivity contribution in [1.29, 1.82) is 0 Å². The second-order valence-corrected chi connectivity index (χ2v) is 6.77. The molecule has 1 nitrogen and oxygen atoms in total. The quantitative estimate of drug-likeness (QED) is 0.557. The van der Waals surface area contributed by atoms with E-state index in [2.05, 4.69) is 93.7 Å². The van der Waals surface area contributed by atoms with Gasteiger partial charge in [0.2, 0.25) is 0 Å². The van der Waals surface area contributed by atoms with E-state index in [0.717, 1.165) is 0 Å². The van der Waals surface area contributed by atoms with E-state index in [1.165, 1.54) is 33.3 Å². The number of rotatable bonds is 4. The molecule has 0 saturated heterocycles. The Hall–Kier alpha value is -2.28. The average Bonchev–Trinajstić information content (AvgIpc) is 2.55. The van der Waals surface area contributed by atoms with E-state index in [0.29, 0.717) is 11.8 Å². The molecule has 1 heteroatoms. The lowest BCUT2D eigenvalue weighted by Crippen LogP contribution is -2.04. The first kappa shape index (κ1) is 15.6. The number of nitrogens with one attached hydrogen (secondary N) is 1. The van der Waals surface area contributed by atoms with E-state index in [1.807, 2.05) is 0 Å². The van der Waals surface area contributed by atoms with E-state index >= 15 is 0 Å². The van der Waals surface area contributed by atoms with Gasteiger partial charge in [-0.05, 0) is 34.4 Å². The first-order valence-electron chi connectivity index (χ1n) is 8.45. The lowest BCUT2D eigenvalue weighted by atomic mass is 9.92. The Balaban J connectivity index is 2.15. The Bertz CT molecular complexity index is 784. The summed E-state index contributed by atoms with van der Waals surface area (Å²) in [6.45, 7) is 9.03. The van der Waals surface area contributed by atoms with Gasteiger partial charge < -0.3 is 5.32 Å². The number of benzene rings is 3. The molecule has 23 heavy (non-hydrogen) atoms. The van der Waals surface area contributed by atoms with E-state index < -0.39 is 0 Å². The smallest absolute Gasteiger partial charge is 0.0464 e. The molecule has 0 radical (unpaired) electrons. The van der Waals surface area contributed by atoms with Crippen LogP contribution in [0, 0.1) is 0 Å². The van der Waals surface area contributed by atoms with Gasteiger partial charge in [0.25, 0.3) is 0 Å². The SMILES string of the molecule is CC(C)c1cccc(C(C)C)c1Nc1cccc2ccccc12. The summed E-state index contributed by atoms with van der Waals surface area (Å²) >= 11 is 0. The highest BCUT2D eigenvalue weighted by Gasteiger charge is 2.14. The molecule has 0 spiro atoms. The van der Waals surface area contributed by atoms with Crippen molar-refractivity contribution < 1.29 is 0 Å². The van der Waals surface area contributed by atoms with Gasteiger partial charge in [0, 0.05) is 16.8 Å². The van der Waals surface area contributed by atoms with Crippen molar-refractivity contribution in [1.82, 2.24) is 0 Å². The number of hydrogen-bond acceptors (Lipinski definition) is 1. The molecule has 0 aromatic heterocycles. The summed E-state index contributed by atoms with van der Waals surface area (Å²) in [6, 6.07) is 21.7. The number of fused-ring (bicyclic) bond motifs is 1. The maximum absolute atomic E-state index is 3.75. The van der Waals surface area contributed by atoms with Crippen molar-refractivity contribution >= 4 is 22.1 Å². The highest BCUT2D eigenvalue weighted by atomic mass is 14.9. The Labute approximate surface area is 139 Å². The fourth-order valence-corrected chi connectivity index (χ4v) is 3.16. The molecule has 0 aliphatic carbocycles. The summed E-state index contributed by atoms with van der Waals surface area (Å²) in [7, 11) is 0. The van der Waals surface area contributed by atoms with Gasteiger partial charge in [-0.2, -0.15) is 0 Å². The third kappa shape index (κ3) is 3.10. The zero-order chi connectivity index (χ0) is 16.4. The lowest BCUT2D eigenvalue weighted by molar-refractivity contribution is 0.838. The summed E-state index contributed by atoms with van der Waals surface area (Å²) in [6.07, 6.45) is 0. The van der Waals surface area contributed by atoms with Gasteiger partial charge in [-0.1, -0.05) is 82.3 Å². The normalized spacial score (nSPS) is 11.4. The number of hydrogen-bond donors (Lipinski definition) is 1. The minimum Gasteiger partial charge on any atom is -0.355 e. The Kier molecular flexibility index (Phi) is 4.38. The molecule has 3 aromatic carbocycles. The molecule has 3 aromatic rings. The van der Waals surface area contributed by atoms with E-state index in [9.17, 15) is 0 Å². The fourth-order valence-electron chi connectivity index (χ4n) is 3.16. The summed E-state index contributed by atoms with van der Waals surface area (Å²) in [5.74, 6) is 0.984. The summed E-state index contributed by atoms with van der Waals surface area (Å²) in [5, 5.41) is 6.28. The van der Waals surface area contributed by atoms with E-state index in [1.54, 1.807) is 0 Å². The van der Waals surface area contributed by atoms with Crippen LogP contribution in [0.2, 0.25) is 0 Å². The van der Waals surface area contributed by atoms with Crippen LogP contribution in [0.25, 0.3) is 10.8 Å². The third-order valence-electron chi connectivity index (χ3n) is 4.42. The van der Waals surface area contributed by atoms with Gasteiger partial charge in [0.05, 0.1) is 0 Å². The molecule has 0 unspecified atom stereocenters. The van der Waals surface area contributed by atoms with E-state index in [4.69, 9.17) is 0 Å². The summed E-state index contributed by atoms with van der Waals surface area (Å²) < 4.78 is 0. The Morgan fingerprint density at radius 2 is 1.22 bits per heavy atom. The Morgan fingerprint density at radius 3 is 1.87 bits per heavy atom. The molecular weight excluding hydrogens is 278 g/mol. The highest BCUT2D eigenvalue weighted by Crippen LogP contribution is 2.36. The zero-order valence-corrected chi connectivity index (χ0v) is 14.4. The second-order valence-electron chi connectivity index (χ2n) is 6.77. The van der Waals surface area contributed by atoms with Crippen LogP contribution in [0.5, 0.6) is 0 Å². The van der Waals surface area contributed by atoms with Gasteiger partial charge in [-0.15, -0.1) is 0 Å². The van der Waals surface area contributed by atoms with Crippen LogP contribution in [0.3, 0.4) is 0 Å². The number of para-hydroxylation sites is 1. The first-order valence-corrected chi connectivity index (χ1v) is 8.45. The monoisotopic (exact) mass is 303 g/mol. The van der Waals surface area contributed by atoms with E-state index in [-0.39, 0.29) is 0 Å². The van der Waals surface area contributed by atoms with Crippen molar-refractivity contribution in [3.63, 3.8) is 0 Å². The van der Waals surface area contributed by atoms with Crippen molar-refractivity contribution in [2.75, 3.05) is 5.32 Å². The summed E-state index contributed by atoms with van der Waals surface area (Å²) in [5.41, 5.74) is 5.21. The molecule has 0 aliphatic rings. The van der Waals surface area contributed by atoms with Crippen LogP contribution in [0.4, 0.5) is 11.4 Å². The van der Waals surface area contributed by atoms with Gasteiger partial charge in [-0.3, -0.25) is 0 Å². The van der Waals surface area contributed by atoms with Crippen LogP contribution in [-0.4, -0.2) is 0 Å². The van der Waals surface area contributed by atoms with Crippen LogP contribution in [0.15, 0.2) is 60.7 Å². The molecule has 0 bridgehead atoms. The first-order chi connectivity index (χ1) is 11.1. The molecule has 0 amide bonds. The predicted octanol–water partition coefficient (Wildman–Crippen LogP) is 6.83. The van der Waals surface area contributed by atoms with Crippen molar-refractivity contribution in [3.05, 3.63) is 71.8 Å². The molecule has 1 N–H and O–H groups in total. The van der Waals surface area contributed by atoms with Crippen molar-refractivity contribution in [3.8, 4) is 0 Å². The maximum atomic E-state index is 3.75. The molecule has 0 aliphatic heterocycles. The van der Waals surface area contributed by atoms with Crippen LogP contribution < -0.4 is 5.32 Å². The molecule has 0 saturated carbocycles. The fraction of sp³-hybridized carbons (Fsp3) is 0.273. The maximum Gasteiger partial charge on any atom is 0.0464 e. The topological polar surface area (TPSA) is 12.0 Å². The lowest BCUT2D eigenvalue weighted by Gasteiger charge is -2.21. The van der Waals surface area contributed by atoms with Gasteiger partial charge in [0.1, 0.15) is 0 Å². The molecular formula is C22H25N.